The second kappa shape index (κ2) is 7.69. The van der Waals surface area contributed by atoms with Crippen molar-refractivity contribution in [2.45, 2.75) is 37.0 Å². The van der Waals surface area contributed by atoms with Crippen LogP contribution in [0.3, 0.4) is 0 Å². The van der Waals surface area contributed by atoms with Crippen LogP contribution in [-0.2, 0) is 9.59 Å². The van der Waals surface area contributed by atoms with Crippen LogP contribution in [0.1, 0.15) is 38.0 Å². The Labute approximate surface area is 150 Å². The van der Waals surface area contributed by atoms with Gasteiger partial charge in [0.25, 0.3) is 0 Å². The first-order valence-electron chi connectivity index (χ1n) is 8.18. The first kappa shape index (κ1) is 17.5. The minimum Gasteiger partial charge on any atom is -0.407 e. The minimum absolute atomic E-state index is 0.0247. The summed E-state index contributed by atoms with van der Waals surface area (Å²) in [6, 6.07) is 7.96. The van der Waals surface area contributed by atoms with Gasteiger partial charge in [-0.25, -0.2) is 0 Å². The van der Waals surface area contributed by atoms with Crippen molar-refractivity contribution in [3.63, 3.8) is 0 Å². The molecule has 1 aliphatic rings. The Balaban J connectivity index is 1.67. The van der Waals surface area contributed by atoms with Crippen LogP contribution >= 0.6 is 11.8 Å². The Morgan fingerprint density at radius 1 is 1.36 bits per heavy atom. The van der Waals surface area contributed by atoms with Crippen molar-refractivity contribution in [3.05, 3.63) is 30.2 Å². The van der Waals surface area contributed by atoms with Crippen LogP contribution in [-0.4, -0.2) is 34.8 Å². The van der Waals surface area contributed by atoms with Crippen LogP contribution in [0.2, 0.25) is 0 Å². The summed E-state index contributed by atoms with van der Waals surface area (Å²) >= 11 is 1.66. The lowest BCUT2D eigenvalue weighted by atomic mass is 10.1. The topological polar surface area (TPSA) is 88.3 Å². The molecule has 1 aromatic heterocycles. The summed E-state index contributed by atoms with van der Waals surface area (Å²) in [5.41, 5.74) is 0.862. The van der Waals surface area contributed by atoms with Gasteiger partial charge in [0.15, 0.2) is 0 Å². The number of hydrogen-bond donors (Lipinski definition) is 1. The molecule has 0 radical (unpaired) electrons. The standard InChI is InChI=1S/C17H20N4O3S/c1-3-4-14(22)18-17-20-19-16(24-17)11-9-15(23)21(10-11)12-5-7-13(25-2)8-6-12/h5-8,11H,3-4,9-10H2,1-2H3,(H,18,20,22)/t11-/m0/s1. The van der Waals surface area contributed by atoms with Gasteiger partial charge in [-0.3, -0.25) is 14.9 Å². The molecule has 0 saturated carbocycles. The van der Waals surface area contributed by atoms with E-state index in [1.165, 1.54) is 0 Å². The molecule has 8 heteroatoms. The molecule has 2 amide bonds. The fraction of sp³-hybridized carbons (Fsp3) is 0.412. The maximum Gasteiger partial charge on any atom is 0.322 e. The lowest BCUT2D eigenvalue weighted by Crippen LogP contribution is -2.24. The molecule has 7 nitrogen and oxygen atoms in total. The van der Waals surface area contributed by atoms with Crippen molar-refractivity contribution in [1.82, 2.24) is 10.2 Å². The normalized spacial score (nSPS) is 17.1. The monoisotopic (exact) mass is 360 g/mol. The van der Waals surface area contributed by atoms with Gasteiger partial charge < -0.3 is 9.32 Å². The predicted octanol–water partition coefficient (Wildman–Crippen LogP) is 3.05. The van der Waals surface area contributed by atoms with E-state index >= 15 is 0 Å². The Morgan fingerprint density at radius 2 is 2.12 bits per heavy atom. The quantitative estimate of drug-likeness (QED) is 0.797. The van der Waals surface area contributed by atoms with Crippen molar-refractivity contribution in [1.29, 1.82) is 0 Å². The lowest BCUT2D eigenvalue weighted by molar-refractivity contribution is -0.117. The number of amides is 2. The van der Waals surface area contributed by atoms with E-state index in [1.54, 1.807) is 16.7 Å². The summed E-state index contributed by atoms with van der Waals surface area (Å²) in [4.78, 5) is 26.8. The highest BCUT2D eigenvalue weighted by atomic mass is 32.2. The summed E-state index contributed by atoms with van der Waals surface area (Å²) in [5.74, 6) is 0.0767. The molecular formula is C17H20N4O3S. The molecule has 1 saturated heterocycles. The van der Waals surface area contributed by atoms with Crippen molar-refractivity contribution < 1.29 is 14.0 Å². The van der Waals surface area contributed by atoms with E-state index in [9.17, 15) is 9.59 Å². The van der Waals surface area contributed by atoms with Gasteiger partial charge in [0.1, 0.15) is 0 Å². The highest BCUT2D eigenvalue weighted by Gasteiger charge is 2.35. The van der Waals surface area contributed by atoms with E-state index in [-0.39, 0.29) is 23.7 Å². The van der Waals surface area contributed by atoms with E-state index in [0.717, 1.165) is 17.0 Å². The van der Waals surface area contributed by atoms with E-state index in [2.05, 4.69) is 15.5 Å². The molecular weight excluding hydrogens is 340 g/mol. The Morgan fingerprint density at radius 3 is 2.80 bits per heavy atom. The number of thioether (sulfide) groups is 1. The largest absolute Gasteiger partial charge is 0.407 e. The first-order chi connectivity index (χ1) is 12.1. The third-order valence-corrected chi connectivity index (χ3v) is 4.77. The number of carbonyl (C=O) groups is 2. The average Bonchev–Trinajstić information content (AvgIpc) is 3.22. The fourth-order valence-corrected chi connectivity index (χ4v) is 3.15. The molecule has 1 atom stereocenters. The second-order valence-electron chi connectivity index (χ2n) is 5.85. The number of carbonyl (C=O) groups excluding carboxylic acids is 2. The molecule has 1 aromatic carbocycles. The third-order valence-electron chi connectivity index (χ3n) is 4.02. The Bertz CT molecular complexity index is 760. The first-order valence-corrected chi connectivity index (χ1v) is 9.41. The van der Waals surface area contributed by atoms with Crippen LogP contribution in [0.15, 0.2) is 33.6 Å². The van der Waals surface area contributed by atoms with Gasteiger partial charge >= 0.3 is 6.01 Å². The van der Waals surface area contributed by atoms with Crippen molar-refractivity contribution in [2.24, 2.45) is 0 Å². The second-order valence-corrected chi connectivity index (χ2v) is 6.73. The maximum absolute atomic E-state index is 12.3. The zero-order valence-corrected chi connectivity index (χ0v) is 15.0. The molecule has 1 fully saturated rings. The number of nitrogens with one attached hydrogen (secondary N) is 1. The fourth-order valence-electron chi connectivity index (χ4n) is 2.74. The third kappa shape index (κ3) is 4.01. The van der Waals surface area contributed by atoms with Crippen LogP contribution in [0.4, 0.5) is 11.7 Å². The molecule has 0 aliphatic carbocycles. The molecule has 0 bridgehead atoms. The molecule has 3 rings (SSSR count). The zero-order valence-electron chi connectivity index (χ0n) is 14.2. The highest BCUT2D eigenvalue weighted by molar-refractivity contribution is 7.98. The summed E-state index contributed by atoms with van der Waals surface area (Å²) < 4.78 is 5.52. The number of rotatable bonds is 6. The molecule has 1 aliphatic heterocycles. The van der Waals surface area contributed by atoms with E-state index in [4.69, 9.17) is 4.42 Å². The average molecular weight is 360 g/mol. The number of benzene rings is 1. The van der Waals surface area contributed by atoms with Gasteiger partial charge in [0.05, 0.1) is 5.92 Å². The van der Waals surface area contributed by atoms with Crippen molar-refractivity contribution in [3.8, 4) is 0 Å². The summed E-state index contributed by atoms with van der Waals surface area (Å²) in [6.07, 6.45) is 3.47. The predicted molar refractivity (Wildman–Crippen MR) is 95.8 cm³/mol. The van der Waals surface area contributed by atoms with E-state index < -0.39 is 0 Å². The molecule has 25 heavy (non-hydrogen) atoms. The van der Waals surface area contributed by atoms with Gasteiger partial charge in [-0.1, -0.05) is 12.0 Å². The molecule has 0 unspecified atom stereocenters. The van der Waals surface area contributed by atoms with Crippen molar-refractivity contribution in [2.75, 3.05) is 23.0 Å². The SMILES string of the molecule is CCCC(=O)Nc1nnc([C@H]2CC(=O)N(c3ccc(SC)cc3)C2)o1. The Hall–Kier alpha value is -2.35. The zero-order chi connectivity index (χ0) is 17.8. The number of anilines is 2. The van der Waals surface area contributed by atoms with Crippen LogP contribution in [0.25, 0.3) is 0 Å². The molecule has 2 aromatic rings. The van der Waals surface area contributed by atoms with Gasteiger partial charge in [0.2, 0.25) is 17.7 Å². The van der Waals surface area contributed by atoms with E-state index in [0.29, 0.717) is 25.3 Å². The summed E-state index contributed by atoms with van der Waals surface area (Å²) in [5, 5.41) is 10.4. The van der Waals surface area contributed by atoms with E-state index in [1.807, 2.05) is 37.4 Å². The maximum atomic E-state index is 12.3. The van der Waals surface area contributed by atoms with Gasteiger partial charge in [-0.15, -0.1) is 16.9 Å². The summed E-state index contributed by atoms with van der Waals surface area (Å²) in [6.45, 7) is 2.41. The highest BCUT2D eigenvalue weighted by Crippen LogP contribution is 2.32. The Kier molecular flexibility index (Phi) is 5.37. The minimum atomic E-state index is -0.169. The van der Waals surface area contributed by atoms with Crippen LogP contribution in [0, 0.1) is 0 Å². The van der Waals surface area contributed by atoms with Crippen LogP contribution < -0.4 is 10.2 Å². The van der Waals surface area contributed by atoms with Gasteiger partial charge in [-0.2, -0.15) is 0 Å². The lowest BCUT2D eigenvalue weighted by Gasteiger charge is -2.16. The smallest absolute Gasteiger partial charge is 0.322 e. The number of nitrogens with zero attached hydrogens (tertiary/aromatic N) is 3. The van der Waals surface area contributed by atoms with Gasteiger partial charge in [-0.05, 0) is 36.9 Å². The molecule has 2 heterocycles. The number of hydrogen-bond acceptors (Lipinski definition) is 6. The van der Waals surface area contributed by atoms with Crippen molar-refractivity contribution >= 4 is 35.3 Å². The summed E-state index contributed by atoms with van der Waals surface area (Å²) in [7, 11) is 0. The molecule has 0 spiro atoms. The van der Waals surface area contributed by atoms with Gasteiger partial charge in [0, 0.05) is 30.0 Å². The van der Waals surface area contributed by atoms with Crippen LogP contribution in [0.5, 0.6) is 0 Å². The number of aromatic nitrogens is 2. The molecule has 132 valence electrons. The molecule has 1 N–H and O–H groups in total.